The van der Waals surface area contributed by atoms with E-state index in [4.69, 9.17) is 26.2 Å². The van der Waals surface area contributed by atoms with Crippen molar-refractivity contribution in [1.29, 1.82) is 0 Å². The van der Waals surface area contributed by atoms with Gasteiger partial charge in [0.2, 0.25) is 0 Å². The maximum atomic E-state index is 11.6. The Labute approximate surface area is 172 Å². The molecule has 0 spiro atoms. The highest BCUT2D eigenvalue weighted by atomic mass is 35.5. The molecule has 154 valence electrons. The minimum atomic E-state index is -1.72. The molecule has 1 aliphatic rings. The van der Waals surface area contributed by atoms with Crippen LogP contribution in [0.3, 0.4) is 0 Å². The number of aliphatic hydroxyl groups excluding tert-OH is 1. The van der Waals surface area contributed by atoms with Gasteiger partial charge in [0.25, 0.3) is 0 Å². The molecule has 0 fully saturated rings. The Balaban J connectivity index is 1.53. The maximum Gasteiger partial charge on any atom is 0.513 e. The molecule has 1 heterocycles. The minimum Gasteiger partial charge on any atom is -0.449 e. The van der Waals surface area contributed by atoms with Gasteiger partial charge in [0.05, 0.1) is 6.10 Å². The van der Waals surface area contributed by atoms with Gasteiger partial charge < -0.3 is 29.7 Å². The third-order valence-corrected chi connectivity index (χ3v) is 4.53. The summed E-state index contributed by atoms with van der Waals surface area (Å²) in [4.78, 5) is 22.0. The molecule has 0 amide bonds. The summed E-state index contributed by atoms with van der Waals surface area (Å²) in [6.07, 6.45) is -3.23. The highest BCUT2D eigenvalue weighted by molar-refractivity contribution is 6.30. The Morgan fingerprint density at radius 2 is 1.97 bits per heavy atom. The van der Waals surface area contributed by atoms with Gasteiger partial charge in [-0.3, -0.25) is 0 Å². The van der Waals surface area contributed by atoms with Crippen LogP contribution in [-0.2, 0) is 16.0 Å². The van der Waals surface area contributed by atoms with Crippen LogP contribution < -0.4 is 14.8 Å². The first-order chi connectivity index (χ1) is 13.8. The van der Waals surface area contributed by atoms with Crippen LogP contribution in [0.5, 0.6) is 11.5 Å². The predicted octanol–water partition coefficient (Wildman–Crippen LogP) is 2.91. The van der Waals surface area contributed by atoms with Crippen LogP contribution in [0.4, 0.5) is 4.79 Å². The normalized spacial score (nSPS) is 16.9. The van der Waals surface area contributed by atoms with Gasteiger partial charge in [-0.25, -0.2) is 9.59 Å². The number of fused-ring (bicyclic) bond motifs is 1. The maximum absolute atomic E-state index is 11.6. The molecule has 1 aliphatic heterocycles. The molecule has 0 saturated carbocycles. The van der Waals surface area contributed by atoms with Crippen molar-refractivity contribution in [3.8, 4) is 11.5 Å². The third-order valence-electron chi connectivity index (χ3n) is 4.29. The summed E-state index contributed by atoms with van der Waals surface area (Å²) in [6.45, 7) is 2.33. The number of benzene rings is 2. The molecule has 8 nitrogen and oxygen atoms in total. The van der Waals surface area contributed by atoms with E-state index in [1.54, 1.807) is 30.3 Å². The van der Waals surface area contributed by atoms with Crippen LogP contribution in [-0.4, -0.2) is 41.2 Å². The number of ether oxygens (including phenoxy) is 3. The van der Waals surface area contributed by atoms with Crippen molar-refractivity contribution in [2.75, 3.05) is 6.54 Å². The number of carboxylic acid groups (broad SMARTS) is 1. The highest BCUT2D eigenvalue weighted by Crippen LogP contribution is 2.36. The van der Waals surface area contributed by atoms with E-state index in [0.29, 0.717) is 29.5 Å². The number of halogens is 1. The summed E-state index contributed by atoms with van der Waals surface area (Å²) >= 11 is 5.95. The largest absolute Gasteiger partial charge is 0.513 e. The average Bonchev–Trinajstić information content (AvgIpc) is 3.09. The number of hydrogen-bond donors (Lipinski definition) is 3. The molecule has 2 aromatic carbocycles. The summed E-state index contributed by atoms with van der Waals surface area (Å²) in [5, 5.41) is 22.6. The molecule has 29 heavy (non-hydrogen) atoms. The van der Waals surface area contributed by atoms with Gasteiger partial charge in [0, 0.05) is 17.6 Å². The van der Waals surface area contributed by atoms with Crippen molar-refractivity contribution in [2.45, 2.75) is 31.8 Å². The third kappa shape index (κ3) is 5.60. The Bertz CT molecular complexity index is 904. The fraction of sp³-hybridized carbons (Fsp3) is 0.300. The summed E-state index contributed by atoms with van der Waals surface area (Å²) < 4.78 is 14.6. The number of carbonyl (C=O) groups excluding carboxylic acids is 1. The van der Waals surface area contributed by atoms with Crippen LogP contribution in [0.1, 0.15) is 24.2 Å². The fourth-order valence-corrected chi connectivity index (χ4v) is 3.12. The standard InChI is InChI=1S/C20H20ClNO7/c1-11(22-10-15(23)13-3-2-4-14(21)9-13)7-12-5-6-16-17(8-12)28-19(27-16)18(24)29-20(25)26/h2-6,8-9,11,15,19,22-23H,7,10H2,1H3,(H,25,26)/t11-,15+,19?/m1/s1. The first-order valence-electron chi connectivity index (χ1n) is 8.89. The van der Waals surface area contributed by atoms with Gasteiger partial charge in [-0.05, 0) is 48.7 Å². The Kier molecular flexibility index (Phi) is 6.58. The van der Waals surface area contributed by atoms with E-state index in [-0.39, 0.29) is 6.04 Å². The SMILES string of the molecule is C[C@H](Cc1ccc2c(c1)OC(C(=O)OC(=O)O)O2)NC[C@H](O)c1cccc(Cl)c1. The first-order valence-corrected chi connectivity index (χ1v) is 9.27. The molecule has 0 bridgehead atoms. The Hall–Kier alpha value is -2.81. The molecule has 1 unspecified atom stereocenters. The van der Waals surface area contributed by atoms with Gasteiger partial charge in [0.1, 0.15) is 0 Å². The molecule has 0 aliphatic carbocycles. The smallest absolute Gasteiger partial charge is 0.449 e. The van der Waals surface area contributed by atoms with Crippen molar-refractivity contribution in [3.05, 3.63) is 58.6 Å². The number of aliphatic hydroxyl groups is 1. The minimum absolute atomic E-state index is 0.0389. The van der Waals surface area contributed by atoms with E-state index in [1.165, 1.54) is 0 Å². The van der Waals surface area contributed by atoms with Crippen LogP contribution in [0.25, 0.3) is 0 Å². The zero-order chi connectivity index (χ0) is 21.0. The van der Waals surface area contributed by atoms with E-state index in [0.717, 1.165) is 11.1 Å². The molecule has 0 aromatic heterocycles. The molecule has 0 radical (unpaired) electrons. The van der Waals surface area contributed by atoms with Crippen molar-refractivity contribution < 1.29 is 34.0 Å². The number of hydrogen-bond acceptors (Lipinski definition) is 7. The lowest BCUT2D eigenvalue weighted by Gasteiger charge is -2.18. The second kappa shape index (κ2) is 9.13. The highest BCUT2D eigenvalue weighted by Gasteiger charge is 2.34. The molecule has 3 atom stereocenters. The zero-order valence-electron chi connectivity index (χ0n) is 15.5. The predicted molar refractivity (Wildman–Crippen MR) is 103 cm³/mol. The van der Waals surface area contributed by atoms with Crippen LogP contribution in [0, 0.1) is 0 Å². The molecule has 0 saturated heterocycles. The fourth-order valence-electron chi connectivity index (χ4n) is 2.92. The lowest BCUT2D eigenvalue weighted by Crippen LogP contribution is -2.32. The number of rotatable bonds is 7. The molecule has 9 heteroatoms. The second-order valence-corrected chi connectivity index (χ2v) is 7.06. The Morgan fingerprint density at radius 3 is 2.69 bits per heavy atom. The number of esters is 1. The lowest BCUT2D eigenvalue weighted by molar-refractivity contribution is -0.156. The van der Waals surface area contributed by atoms with Crippen molar-refractivity contribution >= 4 is 23.7 Å². The van der Waals surface area contributed by atoms with E-state index in [2.05, 4.69) is 10.1 Å². The van der Waals surface area contributed by atoms with Gasteiger partial charge in [-0.15, -0.1) is 0 Å². The summed E-state index contributed by atoms with van der Waals surface area (Å²) in [5.74, 6) is -0.473. The summed E-state index contributed by atoms with van der Waals surface area (Å²) in [5.41, 5.74) is 1.65. The second-order valence-electron chi connectivity index (χ2n) is 6.62. The average molecular weight is 422 g/mol. The Morgan fingerprint density at radius 1 is 1.21 bits per heavy atom. The van der Waals surface area contributed by atoms with Crippen LogP contribution in [0.2, 0.25) is 5.02 Å². The van der Waals surface area contributed by atoms with Crippen LogP contribution in [0.15, 0.2) is 42.5 Å². The van der Waals surface area contributed by atoms with E-state index in [1.807, 2.05) is 19.1 Å². The molecule has 3 N–H and O–H groups in total. The molecular formula is C20H20ClNO7. The summed E-state index contributed by atoms with van der Waals surface area (Å²) in [6, 6.07) is 12.3. The van der Waals surface area contributed by atoms with Crippen molar-refractivity contribution in [3.63, 3.8) is 0 Å². The molecule has 2 aromatic rings. The van der Waals surface area contributed by atoms with Gasteiger partial charge in [0.15, 0.2) is 11.5 Å². The van der Waals surface area contributed by atoms with Gasteiger partial charge >= 0.3 is 18.4 Å². The summed E-state index contributed by atoms with van der Waals surface area (Å²) in [7, 11) is 0. The van der Waals surface area contributed by atoms with Gasteiger partial charge in [-0.2, -0.15) is 0 Å². The van der Waals surface area contributed by atoms with Crippen LogP contribution >= 0.6 is 11.6 Å². The van der Waals surface area contributed by atoms with E-state index < -0.39 is 24.5 Å². The molecule has 3 rings (SSSR count). The number of carbonyl (C=O) groups is 2. The van der Waals surface area contributed by atoms with E-state index in [9.17, 15) is 14.7 Å². The van der Waals surface area contributed by atoms with Crippen molar-refractivity contribution in [1.82, 2.24) is 5.32 Å². The van der Waals surface area contributed by atoms with Gasteiger partial charge in [-0.1, -0.05) is 29.8 Å². The molecular weight excluding hydrogens is 402 g/mol. The topological polar surface area (TPSA) is 114 Å². The first kappa shape index (κ1) is 20.9. The van der Waals surface area contributed by atoms with Crippen molar-refractivity contribution in [2.24, 2.45) is 0 Å². The monoisotopic (exact) mass is 421 g/mol. The zero-order valence-corrected chi connectivity index (χ0v) is 16.3. The van der Waals surface area contributed by atoms with E-state index >= 15 is 0 Å². The quantitative estimate of drug-likeness (QED) is 0.462. The lowest BCUT2D eigenvalue weighted by atomic mass is 10.1. The number of nitrogens with one attached hydrogen (secondary N) is 1.